The summed E-state index contributed by atoms with van der Waals surface area (Å²) in [6.45, 7) is 5.43. The van der Waals surface area contributed by atoms with Gasteiger partial charge in [0.15, 0.2) is 0 Å². The lowest BCUT2D eigenvalue weighted by Gasteiger charge is -2.02. The molecule has 0 saturated heterocycles. The second-order valence-electron chi connectivity index (χ2n) is 2.83. The Morgan fingerprint density at radius 3 is 2.06 bits per heavy atom. The summed E-state index contributed by atoms with van der Waals surface area (Å²) < 4.78 is 8.83. The van der Waals surface area contributed by atoms with Gasteiger partial charge in [0.05, 0.1) is 12.7 Å². The maximum absolute atomic E-state index is 10.6. The minimum atomic E-state index is -2.10. The minimum absolute atomic E-state index is 0.221. The van der Waals surface area contributed by atoms with Crippen molar-refractivity contribution < 1.29 is 33.7 Å². The predicted molar refractivity (Wildman–Crippen MR) is 61.0 cm³/mol. The monoisotopic (exact) mass is 268 g/mol. The zero-order valence-electron chi connectivity index (χ0n) is 9.86. The Balaban J connectivity index is 0. The van der Waals surface area contributed by atoms with E-state index in [1.807, 2.05) is 0 Å². The molecule has 100 valence electrons. The smallest absolute Gasteiger partial charge is 0.331 e. The lowest BCUT2D eigenvalue weighted by molar-refractivity contribution is -0.142. The Hall–Kier alpha value is -1.01. The van der Waals surface area contributed by atoms with E-state index < -0.39 is 20.5 Å². The third kappa shape index (κ3) is 20.9. The number of esters is 1. The summed E-state index contributed by atoms with van der Waals surface area (Å²) in [5.41, 5.74) is 0. The van der Waals surface area contributed by atoms with Crippen molar-refractivity contribution in [2.75, 3.05) is 6.61 Å². The average molecular weight is 268 g/mol. The largest absolute Gasteiger partial charge is 0.478 e. The molecule has 0 aliphatic heterocycles. The summed E-state index contributed by atoms with van der Waals surface area (Å²) in [6.07, 6.45) is 1.40. The van der Waals surface area contributed by atoms with Gasteiger partial charge in [-0.05, 0) is 20.8 Å². The predicted octanol–water partition coefficient (Wildman–Crippen LogP) is 0.813. The van der Waals surface area contributed by atoms with Crippen LogP contribution in [0.4, 0.5) is 0 Å². The third-order valence-corrected chi connectivity index (χ3v) is 1.45. The fraction of sp³-hybridized carbons (Fsp3) is 0.556. The molecule has 0 unspecified atom stereocenters. The van der Waals surface area contributed by atoms with E-state index in [4.69, 9.17) is 14.9 Å². The van der Waals surface area contributed by atoms with Crippen LogP contribution in [0.2, 0.25) is 0 Å². The van der Waals surface area contributed by atoms with Crippen LogP contribution in [0.15, 0.2) is 12.2 Å². The van der Waals surface area contributed by atoms with E-state index in [1.54, 1.807) is 20.8 Å². The van der Waals surface area contributed by atoms with Crippen LogP contribution in [-0.4, -0.2) is 39.5 Å². The summed E-state index contributed by atoms with van der Waals surface area (Å²) in [5, 5.41) is 8.10. The Morgan fingerprint density at radius 2 is 1.82 bits per heavy atom. The minimum Gasteiger partial charge on any atom is -0.478 e. The molecule has 0 heterocycles. The van der Waals surface area contributed by atoms with Gasteiger partial charge < -0.3 is 24.2 Å². The van der Waals surface area contributed by atoms with E-state index in [1.165, 1.54) is 0 Å². The van der Waals surface area contributed by atoms with Gasteiger partial charge in [0.25, 0.3) is 0 Å². The summed E-state index contributed by atoms with van der Waals surface area (Å²) in [7, 11) is -2.10. The first-order chi connectivity index (χ1) is 7.79. The number of carbonyl (C=O) groups is 2. The van der Waals surface area contributed by atoms with E-state index in [9.17, 15) is 9.59 Å². The number of aliphatic carboxylic acids is 1. The number of rotatable bonds is 5. The quantitative estimate of drug-likeness (QED) is 0.384. The lowest BCUT2D eigenvalue weighted by Crippen LogP contribution is -2.08. The molecule has 8 heteroatoms. The highest BCUT2D eigenvalue weighted by atomic mass is 31.2. The van der Waals surface area contributed by atoms with Crippen molar-refractivity contribution in [3.63, 3.8) is 0 Å². The first-order valence-electron chi connectivity index (χ1n) is 4.72. The van der Waals surface area contributed by atoms with Gasteiger partial charge in [-0.3, -0.25) is 0 Å². The maximum atomic E-state index is 10.6. The van der Waals surface area contributed by atoms with Crippen LogP contribution in [0.1, 0.15) is 20.8 Å². The number of ether oxygens (including phenoxy) is 1. The molecule has 7 nitrogen and oxygen atoms in total. The van der Waals surface area contributed by atoms with E-state index in [0.717, 1.165) is 12.2 Å². The van der Waals surface area contributed by atoms with Crippen molar-refractivity contribution in [2.45, 2.75) is 26.9 Å². The van der Waals surface area contributed by atoms with Crippen LogP contribution < -0.4 is 0 Å². The molecule has 0 bridgehead atoms. The first kappa shape index (κ1) is 18.4. The molecule has 0 aromatic carbocycles. The Bertz CT molecular complexity index is 250. The van der Waals surface area contributed by atoms with Crippen molar-refractivity contribution in [1.82, 2.24) is 0 Å². The number of carbonyl (C=O) groups excluding carboxylic acids is 1. The zero-order valence-corrected chi connectivity index (χ0v) is 10.8. The molecule has 0 aliphatic carbocycles. The molecule has 17 heavy (non-hydrogen) atoms. The fourth-order valence-corrected chi connectivity index (χ4v) is 0.757. The van der Waals surface area contributed by atoms with E-state index in [-0.39, 0.29) is 6.10 Å². The Labute approximate surface area is 101 Å². The van der Waals surface area contributed by atoms with Crippen molar-refractivity contribution in [2.24, 2.45) is 0 Å². The van der Waals surface area contributed by atoms with Crippen molar-refractivity contribution in [3.8, 4) is 0 Å². The van der Waals surface area contributed by atoms with Crippen LogP contribution in [0.25, 0.3) is 0 Å². The SMILES string of the molecule is CC(C)OC(=O)/C=C\C(=O)O.CCOP(O)O. The molecule has 0 fully saturated rings. The molecule has 0 aromatic heterocycles. The molecule has 0 radical (unpaired) electrons. The highest BCUT2D eigenvalue weighted by molar-refractivity contribution is 7.39. The van der Waals surface area contributed by atoms with E-state index in [0.29, 0.717) is 6.61 Å². The van der Waals surface area contributed by atoms with E-state index in [2.05, 4.69) is 9.26 Å². The van der Waals surface area contributed by atoms with Crippen molar-refractivity contribution in [3.05, 3.63) is 12.2 Å². The van der Waals surface area contributed by atoms with Crippen LogP contribution in [0.5, 0.6) is 0 Å². The molecule has 0 saturated carbocycles. The summed E-state index contributed by atoms with van der Waals surface area (Å²) in [6, 6.07) is 0. The average Bonchev–Trinajstić information content (AvgIpc) is 2.14. The normalized spacial score (nSPS) is 10.3. The fourth-order valence-electron chi connectivity index (χ4n) is 0.526. The van der Waals surface area contributed by atoms with E-state index >= 15 is 0 Å². The van der Waals surface area contributed by atoms with Gasteiger partial charge in [-0.25, -0.2) is 9.59 Å². The molecule has 0 rings (SSSR count). The van der Waals surface area contributed by atoms with Gasteiger partial charge in [-0.15, -0.1) is 0 Å². The first-order valence-corrected chi connectivity index (χ1v) is 5.88. The number of hydrogen-bond acceptors (Lipinski definition) is 6. The molecule has 0 amide bonds. The Kier molecular flexibility index (Phi) is 12.4. The second-order valence-corrected chi connectivity index (χ2v) is 3.59. The summed E-state index contributed by atoms with van der Waals surface area (Å²) >= 11 is 0. The number of hydrogen-bond donors (Lipinski definition) is 3. The van der Waals surface area contributed by atoms with Crippen molar-refractivity contribution >= 4 is 20.5 Å². The van der Waals surface area contributed by atoms with Gasteiger partial charge in [0, 0.05) is 12.2 Å². The molecule has 3 N–H and O–H groups in total. The lowest BCUT2D eigenvalue weighted by atomic mass is 10.4. The second kappa shape index (κ2) is 11.5. The molecular weight excluding hydrogens is 251 g/mol. The van der Waals surface area contributed by atoms with Gasteiger partial charge in [-0.2, -0.15) is 0 Å². The number of carboxylic acids is 1. The summed E-state index contributed by atoms with van der Waals surface area (Å²) in [4.78, 5) is 36.4. The summed E-state index contributed by atoms with van der Waals surface area (Å²) in [5.74, 6) is -1.80. The van der Waals surface area contributed by atoms with Gasteiger partial charge in [0.1, 0.15) is 0 Å². The van der Waals surface area contributed by atoms with Gasteiger partial charge >= 0.3 is 20.5 Å². The van der Waals surface area contributed by atoms with Gasteiger partial charge in [-0.1, -0.05) is 0 Å². The molecule has 0 aliphatic rings. The highest BCUT2D eigenvalue weighted by Crippen LogP contribution is 2.22. The molecule has 0 atom stereocenters. The standard InChI is InChI=1S/C7H10O4.C2H7O3P/c1-5(2)11-7(10)4-3-6(8)9;1-2-5-6(3)4/h3-5H,1-2H3,(H,8,9);3-4H,2H2,1H3/b4-3-;. The highest BCUT2D eigenvalue weighted by Gasteiger charge is 2.00. The molecular formula is C9H17O7P. The Morgan fingerprint density at radius 1 is 1.29 bits per heavy atom. The van der Waals surface area contributed by atoms with Crippen molar-refractivity contribution in [1.29, 1.82) is 0 Å². The van der Waals surface area contributed by atoms with Crippen LogP contribution >= 0.6 is 8.60 Å². The molecule has 0 spiro atoms. The van der Waals surface area contributed by atoms with Crippen LogP contribution in [0.3, 0.4) is 0 Å². The molecule has 0 aromatic rings. The topological polar surface area (TPSA) is 113 Å². The van der Waals surface area contributed by atoms with Crippen LogP contribution in [0, 0.1) is 0 Å². The number of carboxylic acid groups (broad SMARTS) is 1. The van der Waals surface area contributed by atoms with Gasteiger partial charge in [0.2, 0.25) is 0 Å². The zero-order chi connectivity index (χ0) is 13.8. The van der Waals surface area contributed by atoms with Crippen LogP contribution in [-0.2, 0) is 18.8 Å². The maximum Gasteiger partial charge on any atom is 0.331 e. The third-order valence-electron chi connectivity index (χ3n) is 0.958.